The van der Waals surface area contributed by atoms with Crippen LogP contribution in [0.5, 0.6) is 0 Å². The molecule has 0 aliphatic carbocycles. The molecule has 0 bridgehead atoms. The van der Waals surface area contributed by atoms with E-state index in [2.05, 4.69) is 16.8 Å². The van der Waals surface area contributed by atoms with E-state index >= 15 is 0 Å². The van der Waals surface area contributed by atoms with Gasteiger partial charge in [0.05, 0.1) is 24.8 Å². The molecule has 23 heavy (non-hydrogen) atoms. The van der Waals surface area contributed by atoms with Crippen molar-refractivity contribution in [2.45, 2.75) is 31.5 Å². The second-order valence-electron chi connectivity index (χ2n) is 6.65. The Kier molecular flexibility index (Phi) is 3.70. The SMILES string of the molecule is C[C@H]1CN(c2ccc3ccc(F)cc3n2)C[C@]2(CCCOC2)O1. The fourth-order valence-corrected chi connectivity index (χ4v) is 3.70. The van der Waals surface area contributed by atoms with Gasteiger partial charge in [-0.1, -0.05) is 0 Å². The molecule has 5 heteroatoms. The average molecular weight is 316 g/mol. The molecule has 0 radical (unpaired) electrons. The van der Waals surface area contributed by atoms with Crippen molar-refractivity contribution in [3.8, 4) is 0 Å². The van der Waals surface area contributed by atoms with Gasteiger partial charge in [-0.3, -0.25) is 0 Å². The summed E-state index contributed by atoms with van der Waals surface area (Å²) in [6, 6.07) is 8.73. The summed E-state index contributed by atoms with van der Waals surface area (Å²) >= 11 is 0. The monoisotopic (exact) mass is 316 g/mol. The van der Waals surface area contributed by atoms with Gasteiger partial charge in [-0.25, -0.2) is 9.37 Å². The van der Waals surface area contributed by atoms with E-state index in [1.54, 1.807) is 6.07 Å². The first kappa shape index (κ1) is 14.8. The van der Waals surface area contributed by atoms with Gasteiger partial charge in [-0.2, -0.15) is 0 Å². The van der Waals surface area contributed by atoms with Crippen molar-refractivity contribution in [3.63, 3.8) is 0 Å². The molecule has 2 aliphatic rings. The number of hydrogen-bond donors (Lipinski definition) is 0. The molecule has 3 heterocycles. The summed E-state index contributed by atoms with van der Waals surface area (Å²) < 4.78 is 25.3. The molecule has 2 aliphatic heterocycles. The van der Waals surface area contributed by atoms with Gasteiger partial charge in [-0.05, 0) is 44.0 Å². The van der Waals surface area contributed by atoms with Crippen LogP contribution in [-0.4, -0.2) is 43.0 Å². The topological polar surface area (TPSA) is 34.6 Å². The molecule has 1 aromatic carbocycles. The highest BCUT2D eigenvalue weighted by atomic mass is 19.1. The van der Waals surface area contributed by atoms with Crippen molar-refractivity contribution >= 4 is 16.7 Å². The zero-order valence-electron chi connectivity index (χ0n) is 13.3. The van der Waals surface area contributed by atoms with Gasteiger partial charge in [0.1, 0.15) is 17.2 Å². The second kappa shape index (κ2) is 5.73. The van der Waals surface area contributed by atoms with E-state index in [1.807, 2.05) is 12.1 Å². The van der Waals surface area contributed by atoms with Gasteiger partial charge >= 0.3 is 0 Å². The van der Waals surface area contributed by atoms with Gasteiger partial charge < -0.3 is 14.4 Å². The van der Waals surface area contributed by atoms with Crippen LogP contribution in [0.25, 0.3) is 10.9 Å². The minimum absolute atomic E-state index is 0.121. The molecule has 2 atom stereocenters. The summed E-state index contributed by atoms with van der Waals surface area (Å²) in [6.07, 6.45) is 2.16. The number of aromatic nitrogens is 1. The number of rotatable bonds is 1. The molecule has 2 saturated heterocycles. The summed E-state index contributed by atoms with van der Waals surface area (Å²) in [4.78, 5) is 6.90. The standard InChI is InChI=1S/C18H21FN2O2/c1-13-10-21(11-18(23-13)7-2-8-22-12-18)17-6-4-14-3-5-15(19)9-16(14)20-17/h3-6,9,13H,2,7-8,10-12H2,1H3/t13-,18-/m0/s1. The molecule has 1 aromatic heterocycles. The third kappa shape index (κ3) is 2.91. The van der Waals surface area contributed by atoms with E-state index in [9.17, 15) is 4.39 Å². The fourth-order valence-electron chi connectivity index (χ4n) is 3.70. The minimum atomic E-state index is -0.255. The Morgan fingerprint density at radius 1 is 1.30 bits per heavy atom. The Balaban J connectivity index is 1.65. The summed E-state index contributed by atoms with van der Waals surface area (Å²) in [5.41, 5.74) is 0.449. The fraction of sp³-hybridized carbons (Fsp3) is 0.500. The number of nitrogens with zero attached hydrogens (tertiary/aromatic N) is 2. The number of hydrogen-bond acceptors (Lipinski definition) is 4. The Morgan fingerprint density at radius 2 is 2.17 bits per heavy atom. The first-order valence-corrected chi connectivity index (χ1v) is 8.20. The van der Waals surface area contributed by atoms with Crippen molar-refractivity contribution < 1.29 is 13.9 Å². The smallest absolute Gasteiger partial charge is 0.129 e. The normalized spacial score (nSPS) is 28.4. The Bertz CT molecular complexity index is 715. The molecule has 0 saturated carbocycles. The van der Waals surface area contributed by atoms with Crippen molar-refractivity contribution in [3.05, 3.63) is 36.1 Å². The molecular formula is C18H21FN2O2. The minimum Gasteiger partial charge on any atom is -0.378 e. The number of anilines is 1. The zero-order chi connectivity index (χ0) is 15.9. The van der Waals surface area contributed by atoms with E-state index in [-0.39, 0.29) is 17.5 Å². The molecule has 1 spiro atoms. The molecule has 4 rings (SSSR count). The average Bonchev–Trinajstić information content (AvgIpc) is 2.54. The van der Waals surface area contributed by atoms with E-state index < -0.39 is 0 Å². The highest BCUT2D eigenvalue weighted by Crippen LogP contribution is 2.32. The molecule has 4 nitrogen and oxygen atoms in total. The van der Waals surface area contributed by atoms with E-state index in [0.717, 1.165) is 43.7 Å². The third-order valence-electron chi connectivity index (χ3n) is 4.66. The molecule has 2 fully saturated rings. The highest BCUT2D eigenvalue weighted by Gasteiger charge is 2.41. The molecule has 0 unspecified atom stereocenters. The third-order valence-corrected chi connectivity index (χ3v) is 4.66. The molecule has 0 amide bonds. The summed E-state index contributed by atoms with van der Waals surface area (Å²) in [5.74, 6) is 0.623. The van der Waals surface area contributed by atoms with Crippen LogP contribution in [0.1, 0.15) is 19.8 Å². The van der Waals surface area contributed by atoms with Crippen molar-refractivity contribution in [2.24, 2.45) is 0 Å². The Labute approximate surface area is 135 Å². The van der Waals surface area contributed by atoms with Gasteiger partial charge in [0.15, 0.2) is 0 Å². The molecule has 0 N–H and O–H groups in total. The summed E-state index contributed by atoms with van der Waals surface area (Å²) in [5, 5.41) is 0.951. The number of pyridine rings is 1. The maximum Gasteiger partial charge on any atom is 0.129 e. The van der Waals surface area contributed by atoms with Gasteiger partial charge in [0.25, 0.3) is 0 Å². The lowest BCUT2D eigenvalue weighted by Gasteiger charge is -2.47. The number of ether oxygens (including phenoxy) is 2. The number of halogens is 1. The van der Waals surface area contributed by atoms with E-state index in [4.69, 9.17) is 9.47 Å². The van der Waals surface area contributed by atoms with Crippen LogP contribution in [0.4, 0.5) is 10.2 Å². The lowest BCUT2D eigenvalue weighted by molar-refractivity contribution is -0.160. The van der Waals surface area contributed by atoms with E-state index in [0.29, 0.717) is 12.1 Å². The predicted octanol–water partition coefficient (Wildman–Crippen LogP) is 3.15. The number of benzene rings is 1. The number of morpholine rings is 1. The first-order chi connectivity index (χ1) is 11.1. The summed E-state index contributed by atoms with van der Waals surface area (Å²) in [7, 11) is 0. The van der Waals surface area contributed by atoms with Crippen molar-refractivity contribution in [1.29, 1.82) is 0 Å². The van der Waals surface area contributed by atoms with Crippen LogP contribution in [0, 0.1) is 5.82 Å². The lowest BCUT2D eigenvalue weighted by Crippen LogP contribution is -2.58. The summed E-state index contributed by atoms with van der Waals surface area (Å²) in [6.45, 7) is 5.09. The Hall–Kier alpha value is -1.72. The van der Waals surface area contributed by atoms with Crippen molar-refractivity contribution in [2.75, 3.05) is 31.2 Å². The maximum absolute atomic E-state index is 13.5. The largest absolute Gasteiger partial charge is 0.378 e. The molecule has 2 aromatic rings. The van der Waals surface area contributed by atoms with Gasteiger partial charge in [0.2, 0.25) is 0 Å². The van der Waals surface area contributed by atoms with E-state index in [1.165, 1.54) is 12.1 Å². The highest BCUT2D eigenvalue weighted by molar-refractivity contribution is 5.80. The lowest BCUT2D eigenvalue weighted by atomic mass is 9.93. The first-order valence-electron chi connectivity index (χ1n) is 8.20. The maximum atomic E-state index is 13.5. The van der Waals surface area contributed by atoms with Crippen LogP contribution in [-0.2, 0) is 9.47 Å². The van der Waals surface area contributed by atoms with Crippen LogP contribution >= 0.6 is 0 Å². The molecular weight excluding hydrogens is 295 g/mol. The van der Waals surface area contributed by atoms with Gasteiger partial charge in [0, 0.05) is 24.6 Å². The van der Waals surface area contributed by atoms with Crippen LogP contribution in [0.3, 0.4) is 0 Å². The molecule has 122 valence electrons. The van der Waals surface area contributed by atoms with Gasteiger partial charge in [-0.15, -0.1) is 0 Å². The van der Waals surface area contributed by atoms with Crippen LogP contribution in [0.15, 0.2) is 30.3 Å². The predicted molar refractivity (Wildman–Crippen MR) is 87.2 cm³/mol. The number of fused-ring (bicyclic) bond motifs is 1. The quantitative estimate of drug-likeness (QED) is 0.809. The zero-order valence-corrected chi connectivity index (χ0v) is 13.3. The van der Waals surface area contributed by atoms with Crippen LogP contribution < -0.4 is 4.90 Å². The van der Waals surface area contributed by atoms with Crippen LogP contribution in [0.2, 0.25) is 0 Å². The Morgan fingerprint density at radius 3 is 3.00 bits per heavy atom. The van der Waals surface area contributed by atoms with Crippen molar-refractivity contribution in [1.82, 2.24) is 4.98 Å². The second-order valence-corrected chi connectivity index (χ2v) is 6.65.